The summed E-state index contributed by atoms with van der Waals surface area (Å²) in [6.07, 6.45) is 1.89. The zero-order chi connectivity index (χ0) is 16.9. The van der Waals surface area contributed by atoms with Gasteiger partial charge in [0.25, 0.3) is 5.91 Å². The molecule has 24 heavy (non-hydrogen) atoms. The molecular formula is C17H17ClN4O2. The largest absolute Gasteiger partial charge is 0.481 e. The van der Waals surface area contributed by atoms with Crippen LogP contribution in [0, 0.1) is 0 Å². The minimum atomic E-state index is -0.596. The smallest absolute Gasteiger partial charge is 0.260 e. The molecule has 0 saturated carbocycles. The molecule has 0 unspecified atom stereocenters. The van der Waals surface area contributed by atoms with Gasteiger partial charge >= 0.3 is 0 Å². The van der Waals surface area contributed by atoms with E-state index in [2.05, 4.69) is 15.5 Å². The minimum absolute atomic E-state index is 0.182. The van der Waals surface area contributed by atoms with Crippen LogP contribution < -0.4 is 10.1 Å². The van der Waals surface area contributed by atoms with E-state index in [-0.39, 0.29) is 5.91 Å². The standard InChI is InChI=1S/C17H17ClN4O2/c1-12(24-14-7-5-13(18)6-8-14)17(23)19-10-9-16-21-20-15-4-2-3-11-22(15)16/h2-8,11-12H,9-10H2,1H3,(H,19,23)/t12-/m0/s1. The molecule has 1 aromatic carbocycles. The Kier molecular flexibility index (Phi) is 4.96. The maximum atomic E-state index is 12.1. The molecule has 3 rings (SSSR count). The summed E-state index contributed by atoms with van der Waals surface area (Å²) in [4.78, 5) is 12.1. The lowest BCUT2D eigenvalue weighted by atomic mass is 10.3. The SMILES string of the molecule is C[C@H](Oc1ccc(Cl)cc1)C(=O)NCCc1nnc2ccccn12. The second-order valence-electron chi connectivity index (χ2n) is 5.30. The van der Waals surface area contributed by atoms with Gasteiger partial charge in [-0.25, -0.2) is 0 Å². The first kappa shape index (κ1) is 16.3. The number of nitrogens with one attached hydrogen (secondary N) is 1. The Morgan fingerprint density at radius 2 is 2.04 bits per heavy atom. The second kappa shape index (κ2) is 7.31. The number of carbonyl (C=O) groups is 1. The Balaban J connectivity index is 1.50. The molecule has 1 amide bonds. The fourth-order valence-corrected chi connectivity index (χ4v) is 2.40. The molecule has 0 aliphatic rings. The summed E-state index contributed by atoms with van der Waals surface area (Å²) in [5.41, 5.74) is 0.790. The van der Waals surface area contributed by atoms with Gasteiger partial charge < -0.3 is 10.1 Å². The van der Waals surface area contributed by atoms with Crippen LogP contribution in [0.15, 0.2) is 48.7 Å². The van der Waals surface area contributed by atoms with Gasteiger partial charge in [-0.1, -0.05) is 17.7 Å². The zero-order valence-electron chi connectivity index (χ0n) is 13.1. The summed E-state index contributed by atoms with van der Waals surface area (Å²) in [5, 5.41) is 11.7. The van der Waals surface area contributed by atoms with Crippen LogP contribution in [0.1, 0.15) is 12.7 Å². The van der Waals surface area contributed by atoms with Crippen molar-refractivity contribution in [2.75, 3.05) is 6.54 Å². The molecule has 0 spiro atoms. The summed E-state index contributed by atoms with van der Waals surface area (Å²) in [5.74, 6) is 1.22. The normalized spacial score (nSPS) is 12.1. The van der Waals surface area contributed by atoms with Gasteiger partial charge in [-0.3, -0.25) is 9.20 Å². The molecule has 3 aromatic rings. The molecule has 0 saturated heterocycles. The predicted octanol–water partition coefficient (Wildman–Crippen LogP) is 2.51. The lowest BCUT2D eigenvalue weighted by molar-refractivity contribution is -0.127. The average Bonchev–Trinajstić information content (AvgIpc) is 3.00. The lowest BCUT2D eigenvalue weighted by Gasteiger charge is -2.14. The molecule has 0 fully saturated rings. The molecule has 0 radical (unpaired) electrons. The highest BCUT2D eigenvalue weighted by molar-refractivity contribution is 6.30. The van der Waals surface area contributed by atoms with Gasteiger partial charge in [0.1, 0.15) is 11.6 Å². The Bertz CT molecular complexity index is 832. The van der Waals surface area contributed by atoms with E-state index in [0.29, 0.717) is 23.7 Å². The molecule has 6 nitrogen and oxygen atoms in total. The molecule has 1 atom stereocenters. The summed E-state index contributed by atoms with van der Waals surface area (Å²) < 4.78 is 7.49. The van der Waals surface area contributed by atoms with E-state index in [4.69, 9.17) is 16.3 Å². The first-order chi connectivity index (χ1) is 11.6. The number of amides is 1. The average molecular weight is 345 g/mol. The summed E-state index contributed by atoms with van der Waals surface area (Å²) in [7, 11) is 0. The molecule has 1 N–H and O–H groups in total. The number of aromatic nitrogens is 3. The number of hydrogen-bond donors (Lipinski definition) is 1. The van der Waals surface area contributed by atoms with E-state index in [0.717, 1.165) is 11.5 Å². The molecule has 2 aromatic heterocycles. The first-order valence-electron chi connectivity index (χ1n) is 7.62. The van der Waals surface area contributed by atoms with E-state index in [9.17, 15) is 4.79 Å². The van der Waals surface area contributed by atoms with E-state index in [1.807, 2.05) is 28.8 Å². The molecule has 7 heteroatoms. The number of carbonyl (C=O) groups excluding carboxylic acids is 1. The van der Waals surface area contributed by atoms with Crippen LogP contribution >= 0.6 is 11.6 Å². The third-order valence-electron chi connectivity index (χ3n) is 3.53. The van der Waals surface area contributed by atoms with Crippen LogP contribution in [-0.2, 0) is 11.2 Å². The monoisotopic (exact) mass is 344 g/mol. The molecule has 2 heterocycles. The van der Waals surface area contributed by atoms with Crippen LogP contribution in [0.4, 0.5) is 0 Å². The van der Waals surface area contributed by atoms with Crippen molar-refractivity contribution in [3.05, 3.63) is 59.5 Å². The first-order valence-corrected chi connectivity index (χ1v) is 8.00. The topological polar surface area (TPSA) is 68.5 Å². The Morgan fingerprint density at radius 1 is 1.25 bits per heavy atom. The lowest BCUT2D eigenvalue weighted by Crippen LogP contribution is -2.37. The van der Waals surface area contributed by atoms with Gasteiger partial charge in [0.15, 0.2) is 11.8 Å². The Labute approximate surface area is 144 Å². The van der Waals surface area contributed by atoms with E-state index in [1.54, 1.807) is 31.2 Å². The highest BCUT2D eigenvalue weighted by atomic mass is 35.5. The molecule has 0 aliphatic carbocycles. The van der Waals surface area contributed by atoms with E-state index >= 15 is 0 Å². The minimum Gasteiger partial charge on any atom is -0.481 e. The number of nitrogens with zero attached hydrogens (tertiary/aromatic N) is 3. The van der Waals surface area contributed by atoms with Crippen LogP contribution in [0.3, 0.4) is 0 Å². The fourth-order valence-electron chi connectivity index (χ4n) is 2.27. The van der Waals surface area contributed by atoms with Crippen LogP contribution in [-0.4, -0.2) is 33.2 Å². The number of pyridine rings is 1. The third-order valence-corrected chi connectivity index (χ3v) is 3.78. The second-order valence-corrected chi connectivity index (χ2v) is 5.74. The molecule has 0 bridgehead atoms. The quantitative estimate of drug-likeness (QED) is 0.746. The number of fused-ring (bicyclic) bond motifs is 1. The summed E-state index contributed by atoms with van der Waals surface area (Å²) >= 11 is 5.82. The van der Waals surface area contributed by atoms with Gasteiger partial charge in [0.2, 0.25) is 0 Å². The Hall–Kier alpha value is -2.60. The number of rotatable bonds is 6. The maximum absolute atomic E-state index is 12.1. The highest BCUT2D eigenvalue weighted by Gasteiger charge is 2.14. The van der Waals surface area contributed by atoms with Gasteiger partial charge in [-0.2, -0.15) is 0 Å². The van der Waals surface area contributed by atoms with Crippen LogP contribution in [0.2, 0.25) is 5.02 Å². The number of ether oxygens (including phenoxy) is 1. The van der Waals surface area contributed by atoms with Crippen molar-refractivity contribution in [1.82, 2.24) is 19.9 Å². The summed E-state index contributed by atoms with van der Waals surface area (Å²) in [6, 6.07) is 12.6. The van der Waals surface area contributed by atoms with Crippen LogP contribution in [0.25, 0.3) is 5.65 Å². The fraction of sp³-hybridized carbons (Fsp3) is 0.235. The van der Waals surface area contributed by atoms with E-state index in [1.165, 1.54) is 0 Å². The number of halogens is 1. The van der Waals surface area contributed by atoms with Crippen molar-refractivity contribution in [2.45, 2.75) is 19.4 Å². The van der Waals surface area contributed by atoms with Crippen molar-refractivity contribution < 1.29 is 9.53 Å². The molecular weight excluding hydrogens is 328 g/mol. The van der Waals surface area contributed by atoms with Crippen molar-refractivity contribution in [3.63, 3.8) is 0 Å². The molecule has 124 valence electrons. The van der Waals surface area contributed by atoms with Crippen molar-refractivity contribution in [1.29, 1.82) is 0 Å². The number of benzene rings is 1. The van der Waals surface area contributed by atoms with Crippen molar-refractivity contribution in [3.8, 4) is 5.75 Å². The van der Waals surface area contributed by atoms with Gasteiger partial charge in [0.05, 0.1) is 0 Å². The van der Waals surface area contributed by atoms with Gasteiger partial charge in [-0.15, -0.1) is 10.2 Å². The summed E-state index contributed by atoms with van der Waals surface area (Å²) in [6.45, 7) is 2.17. The van der Waals surface area contributed by atoms with Crippen molar-refractivity contribution in [2.24, 2.45) is 0 Å². The van der Waals surface area contributed by atoms with E-state index < -0.39 is 6.10 Å². The predicted molar refractivity (Wildman–Crippen MR) is 91.2 cm³/mol. The molecule has 0 aliphatic heterocycles. The number of hydrogen-bond acceptors (Lipinski definition) is 4. The van der Waals surface area contributed by atoms with Crippen molar-refractivity contribution >= 4 is 23.2 Å². The Morgan fingerprint density at radius 3 is 2.83 bits per heavy atom. The third kappa shape index (κ3) is 3.83. The van der Waals surface area contributed by atoms with Gasteiger partial charge in [0, 0.05) is 24.2 Å². The zero-order valence-corrected chi connectivity index (χ0v) is 13.9. The van der Waals surface area contributed by atoms with Crippen LogP contribution in [0.5, 0.6) is 5.75 Å². The highest BCUT2D eigenvalue weighted by Crippen LogP contribution is 2.16. The van der Waals surface area contributed by atoms with Gasteiger partial charge in [-0.05, 0) is 43.3 Å². The maximum Gasteiger partial charge on any atom is 0.260 e.